The van der Waals surface area contributed by atoms with Crippen LogP contribution < -0.4 is 10.9 Å². The summed E-state index contributed by atoms with van der Waals surface area (Å²) < 4.78 is 5.42. The van der Waals surface area contributed by atoms with E-state index in [1.54, 1.807) is 24.3 Å². The SMILES string of the molecule is Cc1ccc2c(C)c(CCC(=O)Nc3ccc(Cl)cc3)c(=O)oc2c1. The Balaban J connectivity index is 1.76. The standard InChI is InChI=1S/C20H18ClNO3/c1-12-3-8-16-13(2)17(20(24)25-18(16)11-12)9-10-19(23)22-15-6-4-14(21)5-7-15/h3-8,11H,9-10H2,1-2H3,(H,22,23). The second kappa shape index (κ2) is 7.11. The summed E-state index contributed by atoms with van der Waals surface area (Å²) in [6.45, 7) is 3.84. The molecule has 0 spiro atoms. The quantitative estimate of drug-likeness (QED) is 0.694. The second-order valence-corrected chi connectivity index (χ2v) is 6.48. The highest BCUT2D eigenvalue weighted by Gasteiger charge is 2.13. The molecule has 0 radical (unpaired) electrons. The number of hydrogen-bond donors (Lipinski definition) is 1. The van der Waals surface area contributed by atoms with Crippen LogP contribution >= 0.6 is 11.6 Å². The molecule has 5 heteroatoms. The summed E-state index contributed by atoms with van der Waals surface area (Å²) in [5.74, 6) is -0.162. The first-order valence-corrected chi connectivity index (χ1v) is 8.40. The van der Waals surface area contributed by atoms with Crippen molar-refractivity contribution < 1.29 is 9.21 Å². The maximum absolute atomic E-state index is 12.3. The average molecular weight is 356 g/mol. The van der Waals surface area contributed by atoms with Crippen LogP contribution in [0.3, 0.4) is 0 Å². The highest BCUT2D eigenvalue weighted by molar-refractivity contribution is 6.30. The lowest BCUT2D eigenvalue weighted by Gasteiger charge is -2.09. The monoisotopic (exact) mass is 355 g/mol. The summed E-state index contributed by atoms with van der Waals surface area (Å²) in [5, 5.41) is 4.30. The van der Waals surface area contributed by atoms with Gasteiger partial charge in [-0.25, -0.2) is 4.79 Å². The van der Waals surface area contributed by atoms with Crippen LogP contribution in [0, 0.1) is 13.8 Å². The Kier molecular flexibility index (Phi) is 4.91. The molecule has 0 aliphatic carbocycles. The van der Waals surface area contributed by atoms with Crippen molar-refractivity contribution in [2.24, 2.45) is 0 Å². The third-order valence-corrected chi connectivity index (χ3v) is 4.42. The van der Waals surface area contributed by atoms with Gasteiger partial charge >= 0.3 is 5.63 Å². The van der Waals surface area contributed by atoms with Gasteiger partial charge in [0.05, 0.1) is 0 Å². The van der Waals surface area contributed by atoms with E-state index >= 15 is 0 Å². The van der Waals surface area contributed by atoms with Crippen molar-refractivity contribution in [3.05, 3.63) is 74.6 Å². The molecule has 0 atom stereocenters. The number of benzene rings is 2. The van der Waals surface area contributed by atoms with Gasteiger partial charge in [0, 0.05) is 28.1 Å². The number of hydrogen-bond acceptors (Lipinski definition) is 3. The van der Waals surface area contributed by atoms with Crippen molar-refractivity contribution in [2.45, 2.75) is 26.7 Å². The van der Waals surface area contributed by atoms with Crippen molar-refractivity contribution in [1.82, 2.24) is 0 Å². The van der Waals surface area contributed by atoms with Gasteiger partial charge in [0.15, 0.2) is 0 Å². The number of carbonyl (C=O) groups is 1. The molecule has 128 valence electrons. The minimum atomic E-state index is -0.380. The Labute approximate surface area is 150 Å². The fourth-order valence-corrected chi connectivity index (χ4v) is 2.91. The van der Waals surface area contributed by atoms with Crippen molar-refractivity contribution >= 4 is 34.2 Å². The molecule has 25 heavy (non-hydrogen) atoms. The molecule has 1 N–H and O–H groups in total. The molecule has 1 amide bonds. The third-order valence-electron chi connectivity index (χ3n) is 4.17. The van der Waals surface area contributed by atoms with Gasteiger partial charge < -0.3 is 9.73 Å². The zero-order valence-corrected chi connectivity index (χ0v) is 14.8. The van der Waals surface area contributed by atoms with E-state index in [1.807, 2.05) is 32.0 Å². The zero-order chi connectivity index (χ0) is 18.0. The Morgan fingerprint density at radius 2 is 1.84 bits per heavy atom. The number of carbonyl (C=O) groups excluding carboxylic acids is 1. The number of anilines is 1. The van der Waals surface area contributed by atoms with Crippen LogP contribution in [-0.2, 0) is 11.2 Å². The Morgan fingerprint density at radius 1 is 1.12 bits per heavy atom. The van der Waals surface area contributed by atoms with Crippen LogP contribution in [0.2, 0.25) is 5.02 Å². The van der Waals surface area contributed by atoms with E-state index in [-0.39, 0.29) is 18.0 Å². The van der Waals surface area contributed by atoms with Crippen molar-refractivity contribution in [1.29, 1.82) is 0 Å². The first kappa shape index (κ1) is 17.2. The van der Waals surface area contributed by atoms with Crippen LogP contribution in [0.4, 0.5) is 5.69 Å². The largest absolute Gasteiger partial charge is 0.423 e. The average Bonchev–Trinajstić information content (AvgIpc) is 2.56. The fourth-order valence-electron chi connectivity index (χ4n) is 2.79. The summed E-state index contributed by atoms with van der Waals surface area (Å²) in [4.78, 5) is 24.4. The summed E-state index contributed by atoms with van der Waals surface area (Å²) in [5.41, 5.74) is 3.32. The summed E-state index contributed by atoms with van der Waals surface area (Å²) in [6.07, 6.45) is 0.531. The molecule has 1 heterocycles. The lowest BCUT2D eigenvalue weighted by Crippen LogP contribution is -2.16. The lowest BCUT2D eigenvalue weighted by molar-refractivity contribution is -0.116. The number of rotatable bonds is 4. The van der Waals surface area contributed by atoms with Crippen molar-refractivity contribution in [3.63, 3.8) is 0 Å². The molecular formula is C20H18ClNO3. The Bertz CT molecular complexity index is 990. The molecule has 0 aliphatic rings. The second-order valence-electron chi connectivity index (χ2n) is 6.05. The maximum atomic E-state index is 12.3. The first-order valence-electron chi connectivity index (χ1n) is 8.02. The topological polar surface area (TPSA) is 59.3 Å². The van der Waals surface area contributed by atoms with E-state index in [2.05, 4.69) is 5.32 Å². The fraction of sp³-hybridized carbons (Fsp3) is 0.200. The molecule has 0 fully saturated rings. The molecule has 0 saturated heterocycles. The molecule has 4 nitrogen and oxygen atoms in total. The molecule has 3 aromatic rings. The molecule has 0 unspecified atom stereocenters. The summed E-state index contributed by atoms with van der Waals surface area (Å²) >= 11 is 5.82. The highest BCUT2D eigenvalue weighted by atomic mass is 35.5. The number of aryl methyl sites for hydroxylation is 2. The van der Waals surface area contributed by atoms with Crippen LogP contribution in [-0.4, -0.2) is 5.91 Å². The van der Waals surface area contributed by atoms with Gasteiger partial charge in [-0.05, 0) is 61.7 Å². The molecule has 1 aromatic heterocycles. The Morgan fingerprint density at radius 3 is 2.56 bits per heavy atom. The van der Waals surface area contributed by atoms with Crippen molar-refractivity contribution in [2.75, 3.05) is 5.32 Å². The number of fused-ring (bicyclic) bond motifs is 1. The van der Waals surface area contributed by atoms with E-state index < -0.39 is 0 Å². The van der Waals surface area contributed by atoms with E-state index in [4.69, 9.17) is 16.0 Å². The first-order chi connectivity index (χ1) is 11.9. The van der Waals surface area contributed by atoms with Crippen LogP contribution in [0.1, 0.15) is 23.1 Å². The zero-order valence-electron chi connectivity index (χ0n) is 14.1. The van der Waals surface area contributed by atoms with Gasteiger partial charge in [-0.15, -0.1) is 0 Å². The van der Waals surface area contributed by atoms with E-state index in [1.165, 1.54) is 0 Å². The Hall–Kier alpha value is -2.59. The smallest absolute Gasteiger partial charge is 0.339 e. The van der Waals surface area contributed by atoms with Crippen LogP contribution in [0.15, 0.2) is 51.7 Å². The van der Waals surface area contributed by atoms with Gasteiger partial charge in [-0.2, -0.15) is 0 Å². The number of halogens is 1. The van der Waals surface area contributed by atoms with Gasteiger partial charge in [0.2, 0.25) is 5.91 Å². The summed E-state index contributed by atoms with van der Waals surface area (Å²) in [7, 11) is 0. The van der Waals surface area contributed by atoms with Crippen LogP contribution in [0.25, 0.3) is 11.0 Å². The van der Waals surface area contributed by atoms with Gasteiger partial charge in [-0.3, -0.25) is 4.79 Å². The minimum Gasteiger partial charge on any atom is -0.423 e. The van der Waals surface area contributed by atoms with Crippen molar-refractivity contribution in [3.8, 4) is 0 Å². The van der Waals surface area contributed by atoms with Gasteiger partial charge in [-0.1, -0.05) is 23.7 Å². The van der Waals surface area contributed by atoms with Gasteiger partial charge in [0.25, 0.3) is 0 Å². The minimum absolute atomic E-state index is 0.162. The predicted octanol–water partition coefficient (Wildman–Crippen LogP) is 4.63. The summed E-state index contributed by atoms with van der Waals surface area (Å²) in [6, 6.07) is 12.7. The van der Waals surface area contributed by atoms with Crippen LogP contribution in [0.5, 0.6) is 0 Å². The number of nitrogens with one attached hydrogen (secondary N) is 1. The van der Waals surface area contributed by atoms with E-state index in [0.717, 1.165) is 16.5 Å². The number of amides is 1. The molecule has 0 bridgehead atoms. The van der Waals surface area contributed by atoms with E-state index in [0.29, 0.717) is 28.3 Å². The molecule has 2 aromatic carbocycles. The highest BCUT2D eigenvalue weighted by Crippen LogP contribution is 2.21. The van der Waals surface area contributed by atoms with Gasteiger partial charge in [0.1, 0.15) is 5.58 Å². The predicted molar refractivity (Wildman–Crippen MR) is 100 cm³/mol. The normalized spacial score (nSPS) is 10.8. The lowest BCUT2D eigenvalue weighted by atomic mass is 10.0. The third kappa shape index (κ3) is 3.91. The maximum Gasteiger partial charge on any atom is 0.339 e. The molecule has 3 rings (SSSR count). The molecule has 0 saturated carbocycles. The molecular weight excluding hydrogens is 338 g/mol. The van der Waals surface area contributed by atoms with E-state index in [9.17, 15) is 9.59 Å². The molecule has 0 aliphatic heterocycles.